The van der Waals surface area contributed by atoms with E-state index in [9.17, 15) is 9.59 Å². The lowest BCUT2D eigenvalue weighted by atomic mass is 10.1. The fourth-order valence-corrected chi connectivity index (χ4v) is 3.63. The smallest absolute Gasteiger partial charge is 0.255 e. The van der Waals surface area contributed by atoms with Gasteiger partial charge in [0.2, 0.25) is 5.91 Å². The molecule has 3 rings (SSSR count). The zero-order valence-electron chi connectivity index (χ0n) is 17.6. The van der Waals surface area contributed by atoms with Gasteiger partial charge in [0.25, 0.3) is 5.91 Å². The molecule has 160 valence electrons. The van der Waals surface area contributed by atoms with Crippen LogP contribution in [0.15, 0.2) is 71.6 Å². The molecule has 0 bridgehead atoms. The molecule has 0 heterocycles. The van der Waals surface area contributed by atoms with E-state index in [1.807, 2.05) is 49.4 Å². The number of aryl methyl sites for hydroxylation is 1. The number of benzene rings is 3. The second-order valence-electron chi connectivity index (χ2n) is 6.79. The molecular weight excluding hydrogens is 412 g/mol. The second kappa shape index (κ2) is 10.5. The SMILES string of the molecule is COc1cc(NC(=O)CSc2cccc(NC(=O)c3cccc(C)c3)c2)cc(OC)c1. The molecule has 0 saturated heterocycles. The molecule has 7 heteroatoms. The molecule has 0 saturated carbocycles. The minimum absolute atomic E-state index is 0.158. The van der Waals surface area contributed by atoms with Crippen LogP contribution in [0.2, 0.25) is 0 Å². The van der Waals surface area contributed by atoms with Crippen LogP contribution in [0.3, 0.4) is 0 Å². The first-order chi connectivity index (χ1) is 15.0. The Bertz CT molecular complexity index is 1060. The summed E-state index contributed by atoms with van der Waals surface area (Å²) in [6.07, 6.45) is 0. The Morgan fingerprint density at radius 3 is 2.23 bits per heavy atom. The Labute approximate surface area is 186 Å². The highest BCUT2D eigenvalue weighted by Crippen LogP contribution is 2.27. The number of hydrogen-bond donors (Lipinski definition) is 2. The number of ether oxygens (including phenoxy) is 2. The summed E-state index contributed by atoms with van der Waals surface area (Å²) in [7, 11) is 3.11. The second-order valence-corrected chi connectivity index (χ2v) is 7.84. The Balaban J connectivity index is 1.58. The summed E-state index contributed by atoms with van der Waals surface area (Å²) in [6, 6.07) is 20.0. The maximum atomic E-state index is 12.4. The number of nitrogens with one attached hydrogen (secondary N) is 2. The van der Waals surface area contributed by atoms with Crippen LogP contribution in [0, 0.1) is 6.92 Å². The van der Waals surface area contributed by atoms with Crippen LogP contribution < -0.4 is 20.1 Å². The molecule has 0 aliphatic rings. The highest BCUT2D eigenvalue weighted by molar-refractivity contribution is 8.00. The van der Waals surface area contributed by atoms with Gasteiger partial charge in [-0.25, -0.2) is 0 Å². The molecule has 0 spiro atoms. The zero-order valence-corrected chi connectivity index (χ0v) is 18.4. The monoisotopic (exact) mass is 436 g/mol. The Hall–Kier alpha value is -3.45. The summed E-state index contributed by atoms with van der Waals surface area (Å²) in [5, 5.41) is 5.74. The summed E-state index contributed by atoms with van der Waals surface area (Å²) in [6.45, 7) is 1.95. The van der Waals surface area contributed by atoms with Gasteiger partial charge < -0.3 is 20.1 Å². The Morgan fingerprint density at radius 1 is 0.839 bits per heavy atom. The van der Waals surface area contributed by atoms with E-state index >= 15 is 0 Å². The van der Waals surface area contributed by atoms with E-state index in [0.717, 1.165) is 10.5 Å². The maximum Gasteiger partial charge on any atom is 0.255 e. The third-order valence-electron chi connectivity index (χ3n) is 4.38. The number of amides is 2. The van der Waals surface area contributed by atoms with Crippen molar-refractivity contribution >= 4 is 35.0 Å². The van der Waals surface area contributed by atoms with E-state index in [4.69, 9.17) is 9.47 Å². The normalized spacial score (nSPS) is 10.3. The molecule has 0 unspecified atom stereocenters. The molecule has 2 N–H and O–H groups in total. The number of carbonyl (C=O) groups is 2. The highest BCUT2D eigenvalue weighted by Gasteiger charge is 2.09. The Morgan fingerprint density at radius 2 is 1.55 bits per heavy atom. The summed E-state index contributed by atoms with van der Waals surface area (Å²) in [5.41, 5.74) is 2.90. The van der Waals surface area contributed by atoms with Crippen LogP contribution in [0.1, 0.15) is 15.9 Å². The van der Waals surface area contributed by atoms with Crippen molar-refractivity contribution in [3.05, 3.63) is 77.9 Å². The molecule has 0 fully saturated rings. The van der Waals surface area contributed by atoms with Gasteiger partial charge in [-0.1, -0.05) is 23.8 Å². The number of rotatable bonds is 8. The first-order valence-electron chi connectivity index (χ1n) is 9.60. The van der Waals surface area contributed by atoms with Gasteiger partial charge in [0.1, 0.15) is 11.5 Å². The van der Waals surface area contributed by atoms with Crippen molar-refractivity contribution in [2.24, 2.45) is 0 Å². The standard InChI is InChI=1S/C24H24N2O4S/c1-16-6-4-7-17(10-16)24(28)26-18-8-5-9-22(13-18)31-15-23(27)25-19-11-20(29-2)14-21(12-19)30-3/h4-14H,15H2,1-3H3,(H,25,27)(H,26,28). The first kappa shape index (κ1) is 22.2. The number of methoxy groups -OCH3 is 2. The summed E-state index contributed by atoms with van der Waals surface area (Å²) < 4.78 is 10.4. The van der Waals surface area contributed by atoms with Gasteiger partial charge in [-0.3, -0.25) is 9.59 Å². The van der Waals surface area contributed by atoms with Gasteiger partial charge in [0.15, 0.2) is 0 Å². The molecule has 0 radical (unpaired) electrons. The molecule has 6 nitrogen and oxygen atoms in total. The van der Waals surface area contributed by atoms with Gasteiger partial charge >= 0.3 is 0 Å². The summed E-state index contributed by atoms with van der Waals surface area (Å²) >= 11 is 1.38. The van der Waals surface area contributed by atoms with Crippen molar-refractivity contribution < 1.29 is 19.1 Å². The minimum Gasteiger partial charge on any atom is -0.497 e. The number of carbonyl (C=O) groups excluding carboxylic acids is 2. The van der Waals surface area contributed by atoms with Crippen LogP contribution in [0.4, 0.5) is 11.4 Å². The topological polar surface area (TPSA) is 76.7 Å². The van der Waals surface area contributed by atoms with Gasteiger partial charge in [0.05, 0.1) is 20.0 Å². The molecule has 3 aromatic carbocycles. The molecule has 0 aliphatic carbocycles. The van der Waals surface area contributed by atoms with Crippen molar-refractivity contribution in [3.8, 4) is 11.5 Å². The van der Waals surface area contributed by atoms with Gasteiger partial charge in [-0.2, -0.15) is 0 Å². The average molecular weight is 437 g/mol. The fourth-order valence-electron chi connectivity index (χ4n) is 2.88. The Kier molecular flexibility index (Phi) is 7.56. The first-order valence-corrected chi connectivity index (χ1v) is 10.6. The number of anilines is 2. The lowest BCUT2D eigenvalue weighted by Crippen LogP contribution is -2.14. The average Bonchev–Trinajstić information content (AvgIpc) is 2.77. The van der Waals surface area contributed by atoms with Gasteiger partial charge in [-0.05, 0) is 37.3 Å². The minimum atomic E-state index is -0.171. The number of thioether (sulfide) groups is 1. The number of hydrogen-bond acceptors (Lipinski definition) is 5. The maximum absolute atomic E-state index is 12.4. The van der Waals surface area contributed by atoms with Crippen molar-refractivity contribution in [2.75, 3.05) is 30.6 Å². The fraction of sp³-hybridized carbons (Fsp3) is 0.167. The predicted molar refractivity (Wildman–Crippen MR) is 124 cm³/mol. The molecule has 0 atom stereocenters. The molecule has 0 aromatic heterocycles. The van der Waals surface area contributed by atoms with E-state index in [2.05, 4.69) is 10.6 Å². The van der Waals surface area contributed by atoms with Crippen molar-refractivity contribution in [3.63, 3.8) is 0 Å². The largest absolute Gasteiger partial charge is 0.497 e. The lowest BCUT2D eigenvalue weighted by Gasteiger charge is -2.10. The summed E-state index contributed by atoms with van der Waals surface area (Å²) in [4.78, 5) is 25.7. The van der Waals surface area contributed by atoms with Crippen LogP contribution in [-0.2, 0) is 4.79 Å². The van der Waals surface area contributed by atoms with Crippen LogP contribution in [0.5, 0.6) is 11.5 Å². The van der Waals surface area contributed by atoms with Crippen molar-refractivity contribution in [2.45, 2.75) is 11.8 Å². The van der Waals surface area contributed by atoms with Crippen molar-refractivity contribution in [1.29, 1.82) is 0 Å². The molecule has 2 amide bonds. The molecule has 3 aromatic rings. The van der Waals surface area contributed by atoms with E-state index in [1.165, 1.54) is 11.8 Å². The molecular formula is C24H24N2O4S. The van der Waals surface area contributed by atoms with Crippen molar-refractivity contribution in [1.82, 2.24) is 0 Å². The molecule has 31 heavy (non-hydrogen) atoms. The van der Waals surface area contributed by atoms with Crippen LogP contribution >= 0.6 is 11.8 Å². The van der Waals surface area contributed by atoms with Gasteiger partial charge in [-0.15, -0.1) is 11.8 Å². The van der Waals surface area contributed by atoms with E-state index in [1.54, 1.807) is 38.5 Å². The lowest BCUT2D eigenvalue weighted by molar-refractivity contribution is -0.113. The molecule has 0 aliphatic heterocycles. The zero-order chi connectivity index (χ0) is 22.2. The van der Waals surface area contributed by atoms with Crippen LogP contribution in [0.25, 0.3) is 0 Å². The van der Waals surface area contributed by atoms with E-state index in [-0.39, 0.29) is 17.6 Å². The van der Waals surface area contributed by atoms with E-state index in [0.29, 0.717) is 28.4 Å². The third kappa shape index (κ3) is 6.52. The quantitative estimate of drug-likeness (QED) is 0.486. The van der Waals surface area contributed by atoms with Crippen LogP contribution in [-0.4, -0.2) is 31.8 Å². The predicted octanol–water partition coefficient (Wildman–Crippen LogP) is 5.00. The van der Waals surface area contributed by atoms with Gasteiger partial charge in [0, 0.05) is 40.0 Å². The summed E-state index contributed by atoms with van der Waals surface area (Å²) in [5.74, 6) is 1.08. The third-order valence-corrected chi connectivity index (χ3v) is 5.37. The highest BCUT2D eigenvalue weighted by atomic mass is 32.2. The van der Waals surface area contributed by atoms with E-state index < -0.39 is 0 Å².